The van der Waals surface area contributed by atoms with Crippen LogP contribution in [-0.2, 0) is 4.79 Å². The molecule has 5 rings (SSSR count). The van der Waals surface area contributed by atoms with E-state index in [1.54, 1.807) is 12.1 Å². The fraction of sp³-hybridized carbons (Fsp3) is 0.286. The molecule has 0 radical (unpaired) electrons. The standard InChI is InChI=1S/C28H33N9O2/c1-35(2)13-7-12-26(38)29-20-8-6-9-21(18-20)39-28-31-24(19-25(32-28)37-16-14-36(3)15-17-37)30-27-22-10-4-5-11-23(22)33-34-27/h4-12,18-19H,13-17H2,1-3H3,(H,29,38)(H2,30,31,32,33,34)/b12-7+. The van der Waals surface area contributed by atoms with Crippen molar-refractivity contribution in [2.24, 2.45) is 0 Å². The number of aromatic amines is 1. The Bertz CT molecular complexity index is 1460. The van der Waals surface area contributed by atoms with Crippen LogP contribution in [0.2, 0.25) is 0 Å². The van der Waals surface area contributed by atoms with Gasteiger partial charge in [0.05, 0.1) is 5.52 Å². The molecule has 39 heavy (non-hydrogen) atoms. The molecule has 0 unspecified atom stereocenters. The Morgan fingerprint density at radius 3 is 2.72 bits per heavy atom. The van der Waals surface area contributed by atoms with Crippen molar-refractivity contribution in [2.75, 3.05) is 69.4 Å². The summed E-state index contributed by atoms with van der Waals surface area (Å²) in [6.45, 7) is 4.26. The number of H-pyrrole nitrogens is 1. The van der Waals surface area contributed by atoms with Crippen LogP contribution in [0, 0.1) is 0 Å². The summed E-state index contributed by atoms with van der Waals surface area (Å²) in [4.78, 5) is 28.1. The lowest BCUT2D eigenvalue weighted by atomic mass is 10.2. The molecule has 11 heteroatoms. The van der Waals surface area contributed by atoms with E-state index in [9.17, 15) is 4.79 Å². The molecule has 0 bridgehead atoms. The van der Waals surface area contributed by atoms with E-state index in [-0.39, 0.29) is 11.9 Å². The number of fused-ring (bicyclic) bond motifs is 1. The zero-order valence-corrected chi connectivity index (χ0v) is 22.4. The number of piperazine rings is 1. The highest BCUT2D eigenvalue weighted by molar-refractivity contribution is 5.99. The Kier molecular flexibility index (Phi) is 7.99. The Labute approximate surface area is 227 Å². The fourth-order valence-electron chi connectivity index (χ4n) is 4.20. The third-order valence-corrected chi connectivity index (χ3v) is 6.29. The van der Waals surface area contributed by atoms with Gasteiger partial charge in [0.1, 0.15) is 17.4 Å². The highest BCUT2D eigenvalue weighted by Crippen LogP contribution is 2.29. The molecule has 11 nitrogen and oxygen atoms in total. The first-order chi connectivity index (χ1) is 18.9. The van der Waals surface area contributed by atoms with Gasteiger partial charge in [-0.2, -0.15) is 15.1 Å². The zero-order valence-electron chi connectivity index (χ0n) is 22.4. The summed E-state index contributed by atoms with van der Waals surface area (Å²) in [5.74, 6) is 2.32. The van der Waals surface area contributed by atoms with Crippen molar-refractivity contribution in [1.82, 2.24) is 30.0 Å². The van der Waals surface area contributed by atoms with Crippen molar-refractivity contribution in [3.63, 3.8) is 0 Å². The van der Waals surface area contributed by atoms with Gasteiger partial charge in [0, 0.05) is 62.0 Å². The number of nitrogens with one attached hydrogen (secondary N) is 3. The van der Waals surface area contributed by atoms with Gasteiger partial charge in [0.15, 0.2) is 5.82 Å². The number of hydrogen-bond acceptors (Lipinski definition) is 9. The van der Waals surface area contributed by atoms with E-state index >= 15 is 0 Å². The average Bonchev–Trinajstić information content (AvgIpc) is 3.31. The largest absolute Gasteiger partial charge is 0.424 e. The Hall–Kier alpha value is -4.48. The summed E-state index contributed by atoms with van der Waals surface area (Å²) in [6, 6.07) is 17.2. The molecular weight excluding hydrogens is 494 g/mol. The number of anilines is 4. The van der Waals surface area contributed by atoms with Crippen LogP contribution in [0.4, 0.5) is 23.1 Å². The van der Waals surface area contributed by atoms with Crippen molar-refractivity contribution in [3.8, 4) is 11.8 Å². The highest BCUT2D eigenvalue weighted by Gasteiger charge is 2.19. The van der Waals surface area contributed by atoms with Crippen LogP contribution >= 0.6 is 0 Å². The van der Waals surface area contributed by atoms with E-state index in [1.807, 2.05) is 67.5 Å². The van der Waals surface area contributed by atoms with Gasteiger partial charge in [0.25, 0.3) is 0 Å². The van der Waals surface area contributed by atoms with Gasteiger partial charge in [-0.3, -0.25) is 9.89 Å². The minimum absolute atomic E-state index is 0.197. The zero-order chi connectivity index (χ0) is 27.2. The number of rotatable bonds is 9. The molecule has 1 fully saturated rings. The monoisotopic (exact) mass is 527 g/mol. The van der Waals surface area contributed by atoms with Gasteiger partial charge in [-0.15, -0.1) is 0 Å². The van der Waals surface area contributed by atoms with Crippen LogP contribution in [0.5, 0.6) is 11.8 Å². The van der Waals surface area contributed by atoms with E-state index in [0.717, 1.165) is 42.9 Å². The average molecular weight is 528 g/mol. The van der Waals surface area contributed by atoms with Crippen LogP contribution in [0.3, 0.4) is 0 Å². The van der Waals surface area contributed by atoms with Crippen LogP contribution in [0.25, 0.3) is 10.9 Å². The first-order valence-corrected chi connectivity index (χ1v) is 12.9. The Morgan fingerprint density at radius 1 is 1.08 bits per heavy atom. The number of amides is 1. The molecule has 1 amide bonds. The molecule has 1 saturated heterocycles. The van der Waals surface area contributed by atoms with E-state index in [1.165, 1.54) is 6.08 Å². The first-order valence-electron chi connectivity index (χ1n) is 12.9. The third kappa shape index (κ3) is 6.89. The quantitative estimate of drug-likeness (QED) is 0.280. The molecule has 1 aliphatic rings. The number of aromatic nitrogens is 4. The summed E-state index contributed by atoms with van der Waals surface area (Å²) in [5, 5.41) is 14.6. The number of para-hydroxylation sites is 1. The molecule has 3 N–H and O–H groups in total. The third-order valence-electron chi connectivity index (χ3n) is 6.29. The summed E-state index contributed by atoms with van der Waals surface area (Å²) < 4.78 is 6.11. The normalized spacial score (nSPS) is 14.3. The number of nitrogens with zero attached hydrogens (tertiary/aromatic N) is 6. The SMILES string of the molecule is CN(C)C/C=C/C(=O)Nc1cccc(Oc2nc(Nc3n[nH]c4ccccc34)cc(N3CCN(C)CC3)n2)c1. The van der Waals surface area contributed by atoms with Crippen LogP contribution in [-0.4, -0.2) is 89.7 Å². The maximum Gasteiger partial charge on any atom is 0.325 e. The van der Waals surface area contributed by atoms with Gasteiger partial charge < -0.3 is 30.1 Å². The minimum Gasteiger partial charge on any atom is -0.424 e. The van der Waals surface area contributed by atoms with Crippen LogP contribution in [0.1, 0.15) is 0 Å². The summed E-state index contributed by atoms with van der Waals surface area (Å²) in [7, 11) is 6.01. The first kappa shape index (κ1) is 26.1. The molecule has 3 heterocycles. The number of ether oxygens (including phenoxy) is 1. The molecule has 4 aromatic rings. The topological polar surface area (TPSA) is 115 Å². The maximum absolute atomic E-state index is 12.3. The van der Waals surface area contributed by atoms with Crippen molar-refractivity contribution >= 4 is 40.0 Å². The van der Waals surface area contributed by atoms with Gasteiger partial charge in [0.2, 0.25) is 5.91 Å². The van der Waals surface area contributed by atoms with Gasteiger partial charge in [-0.25, -0.2) is 0 Å². The summed E-state index contributed by atoms with van der Waals surface area (Å²) in [6.07, 6.45) is 3.33. The molecule has 0 atom stereocenters. The maximum atomic E-state index is 12.3. The van der Waals surface area contributed by atoms with Crippen LogP contribution < -0.4 is 20.3 Å². The lowest BCUT2D eigenvalue weighted by Gasteiger charge is -2.33. The fourth-order valence-corrected chi connectivity index (χ4v) is 4.20. The number of hydrogen-bond donors (Lipinski definition) is 3. The minimum atomic E-state index is -0.208. The number of carbonyl (C=O) groups is 1. The summed E-state index contributed by atoms with van der Waals surface area (Å²) in [5.41, 5.74) is 1.55. The second-order valence-corrected chi connectivity index (χ2v) is 9.71. The van der Waals surface area contributed by atoms with E-state index in [0.29, 0.717) is 29.6 Å². The van der Waals surface area contributed by atoms with Gasteiger partial charge in [-0.05, 0) is 45.4 Å². The van der Waals surface area contributed by atoms with E-state index in [4.69, 9.17) is 9.72 Å². The molecule has 1 aliphatic heterocycles. The van der Waals surface area contributed by atoms with E-state index < -0.39 is 0 Å². The smallest absolute Gasteiger partial charge is 0.325 e. The molecular formula is C28H33N9O2. The van der Waals surface area contributed by atoms with E-state index in [2.05, 4.69) is 42.7 Å². The van der Waals surface area contributed by atoms with Crippen molar-refractivity contribution in [1.29, 1.82) is 0 Å². The number of carbonyl (C=O) groups excluding carboxylic acids is 1. The van der Waals surface area contributed by atoms with Crippen molar-refractivity contribution in [2.45, 2.75) is 0 Å². The number of likely N-dealkylation sites (N-methyl/N-ethyl adjacent to an activating group) is 2. The Balaban J connectivity index is 1.38. The lowest BCUT2D eigenvalue weighted by molar-refractivity contribution is -0.111. The lowest BCUT2D eigenvalue weighted by Crippen LogP contribution is -2.44. The van der Waals surface area contributed by atoms with Crippen molar-refractivity contribution < 1.29 is 9.53 Å². The second kappa shape index (κ2) is 11.9. The highest BCUT2D eigenvalue weighted by atomic mass is 16.5. The Morgan fingerprint density at radius 2 is 1.90 bits per heavy atom. The predicted molar refractivity (Wildman–Crippen MR) is 154 cm³/mol. The molecule has 0 aliphatic carbocycles. The van der Waals surface area contributed by atoms with Gasteiger partial charge in [-0.1, -0.05) is 24.3 Å². The molecule has 0 saturated carbocycles. The van der Waals surface area contributed by atoms with Crippen molar-refractivity contribution in [3.05, 3.63) is 66.7 Å². The number of benzene rings is 2. The molecule has 0 spiro atoms. The molecule has 2 aromatic carbocycles. The molecule has 2 aromatic heterocycles. The van der Waals surface area contributed by atoms with Gasteiger partial charge >= 0.3 is 6.01 Å². The second-order valence-electron chi connectivity index (χ2n) is 9.71. The van der Waals surface area contributed by atoms with Crippen LogP contribution in [0.15, 0.2) is 66.7 Å². The molecule has 202 valence electrons. The predicted octanol–water partition coefficient (Wildman–Crippen LogP) is 3.70. The summed E-state index contributed by atoms with van der Waals surface area (Å²) >= 11 is 0.